The smallest absolute Gasteiger partial charge is 0.246 e. The van der Waals surface area contributed by atoms with Gasteiger partial charge < -0.3 is 15.0 Å². The predicted octanol–water partition coefficient (Wildman–Crippen LogP) is 3.03. The topological polar surface area (TPSA) is 59.4 Å². The van der Waals surface area contributed by atoms with Gasteiger partial charge in [0.2, 0.25) is 5.91 Å². The Hall–Kier alpha value is -3.12. The van der Waals surface area contributed by atoms with Crippen molar-refractivity contribution in [2.75, 3.05) is 36.5 Å². The summed E-state index contributed by atoms with van der Waals surface area (Å²) in [4.78, 5) is 14.6. The third-order valence-electron chi connectivity index (χ3n) is 4.50. The zero-order valence-electron chi connectivity index (χ0n) is 15.0. The van der Waals surface area contributed by atoms with Gasteiger partial charge in [0.1, 0.15) is 6.54 Å². The summed E-state index contributed by atoms with van der Waals surface area (Å²) in [6.07, 6.45) is 1.95. The second-order valence-electron chi connectivity index (χ2n) is 6.44. The molecule has 1 saturated heterocycles. The maximum absolute atomic E-state index is 12.4. The number of amides is 1. The number of carbonyl (C=O) groups excluding carboxylic acids is 1. The lowest BCUT2D eigenvalue weighted by Gasteiger charge is -2.27. The fraction of sp³-hybridized carbons (Fsp3) is 0.238. The number of carbonyl (C=O) groups is 1. The zero-order chi connectivity index (χ0) is 18.5. The van der Waals surface area contributed by atoms with Crippen LogP contribution in [0.5, 0.6) is 0 Å². The number of morpholine rings is 1. The molecule has 1 amide bonds. The fourth-order valence-electron chi connectivity index (χ4n) is 3.19. The van der Waals surface area contributed by atoms with Crippen LogP contribution in [0.25, 0.3) is 11.1 Å². The summed E-state index contributed by atoms with van der Waals surface area (Å²) in [5.74, 6) is 0.800. The molecule has 1 fully saturated rings. The minimum Gasteiger partial charge on any atom is -0.378 e. The highest BCUT2D eigenvalue weighted by Gasteiger charge is 2.20. The summed E-state index contributed by atoms with van der Waals surface area (Å²) in [5.41, 5.74) is 2.91. The first-order valence-corrected chi connectivity index (χ1v) is 9.10. The van der Waals surface area contributed by atoms with Crippen LogP contribution in [0.2, 0.25) is 0 Å². The molecular weight excluding hydrogens is 340 g/mol. The summed E-state index contributed by atoms with van der Waals surface area (Å²) < 4.78 is 7.18. The molecule has 2 aromatic carbocycles. The quantitative estimate of drug-likeness (QED) is 0.758. The minimum atomic E-state index is -0.100. The van der Waals surface area contributed by atoms with Crippen LogP contribution in [0.15, 0.2) is 66.9 Å². The molecule has 2 heterocycles. The molecule has 1 aromatic heterocycles. The normalized spacial score (nSPS) is 14.1. The summed E-state index contributed by atoms with van der Waals surface area (Å²) in [7, 11) is 0. The molecule has 0 radical (unpaired) electrons. The van der Waals surface area contributed by atoms with E-state index in [1.54, 1.807) is 4.68 Å². The largest absolute Gasteiger partial charge is 0.378 e. The molecule has 138 valence electrons. The van der Waals surface area contributed by atoms with Crippen LogP contribution in [0.4, 0.5) is 11.5 Å². The highest BCUT2D eigenvalue weighted by Crippen LogP contribution is 2.30. The van der Waals surface area contributed by atoms with Crippen molar-refractivity contribution in [2.24, 2.45) is 0 Å². The van der Waals surface area contributed by atoms with Gasteiger partial charge in [-0.2, -0.15) is 5.10 Å². The van der Waals surface area contributed by atoms with Crippen LogP contribution >= 0.6 is 0 Å². The highest BCUT2D eigenvalue weighted by molar-refractivity contribution is 5.90. The van der Waals surface area contributed by atoms with Gasteiger partial charge in [-0.15, -0.1) is 0 Å². The van der Waals surface area contributed by atoms with Crippen molar-refractivity contribution in [1.29, 1.82) is 0 Å². The number of hydrogen-bond acceptors (Lipinski definition) is 4. The molecule has 0 aliphatic carbocycles. The maximum Gasteiger partial charge on any atom is 0.246 e. The summed E-state index contributed by atoms with van der Waals surface area (Å²) in [5, 5.41) is 7.62. The number of ether oxygens (including phenoxy) is 1. The fourth-order valence-corrected chi connectivity index (χ4v) is 3.19. The molecule has 0 spiro atoms. The van der Waals surface area contributed by atoms with Crippen LogP contribution in [-0.4, -0.2) is 42.0 Å². The van der Waals surface area contributed by atoms with Gasteiger partial charge in [-0.1, -0.05) is 48.5 Å². The molecule has 1 aliphatic rings. The molecule has 1 aliphatic heterocycles. The van der Waals surface area contributed by atoms with Crippen LogP contribution in [0.1, 0.15) is 0 Å². The van der Waals surface area contributed by atoms with Crippen molar-refractivity contribution >= 4 is 17.4 Å². The van der Waals surface area contributed by atoms with Crippen molar-refractivity contribution in [3.05, 3.63) is 66.9 Å². The Morgan fingerprint density at radius 2 is 1.67 bits per heavy atom. The number of hydrogen-bond donors (Lipinski definition) is 1. The molecule has 3 aromatic rings. The first-order chi connectivity index (χ1) is 13.3. The lowest BCUT2D eigenvalue weighted by molar-refractivity contribution is -0.116. The van der Waals surface area contributed by atoms with E-state index in [-0.39, 0.29) is 12.5 Å². The number of nitrogens with zero attached hydrogens (tertiary/aromatic N) is 3. The second kappa shape index (κ2) is 8.05. The van der Waals surface area contributed by atoms with Crippen LogP contribution < -0.4 is 10.2 Å². The van der Waals surface area contributed by atoms with E-state index in [2.05, 4.69) is 22.3 Å². The number of aromatic nitrogens is 2. The van der Waals surface area contributed by atoms with Crippen LogP contribution in [-0.2, 0) is 16.1 Å². The van der Waals surface area contributed by atoms with E-state index in [1.165, 1.54) is 0 Å². The third kappa shape index (κ3) is 4.17. The van der Waals surface area contributed by atoms with Gasteiger partial charge in [0.25, 0.3) is 0 Å². The molecule has 0 bridgehead atoms. The molecular formula is C21H22N4O2. The Kier molecular flexibility index (Phi) is 5.16. The lowest BCUT2D eigenvalue weighted by atomic mass is 10.1. The Morgan fingerprint density at radius 1 is 1.00 bits per heavy atom. The van der Waals surface area contributed by atoms with Gasteiger partial charge in [-0.25, -0.2) is 0 Å². The number of para-hydroxylation sites is 1. The average molecular weight is 362 g/mol. The summed E-state index contributed by atoms with van der Waals surface area (Å²) >= 11 is 0. The number of anilines is 2. The minimum absolute atomic E-state index is 0.100. The molecule has 27 heavy (non-hydrogen) atoms. The Morgan fingerprint density at radius 3 is 2.37 bits per heavy atom. The molecule has 0 atom stereocenters. The van der Waals surface area contributed by atoms with Gasteiger partial charge in [-0.3, -0.25) is 9.48 Å². The molecule has 6 heteroatoms. The second-order valence-corrected chi connectivity index (χ2v) is 6.44. The number of rotatable bonds is 5. The van der Waals surface area contributed by atoms with Gasteiger partial charge in [0.15, 0.2) is 5.82 Å². The third-order valence-corrected chi connectivity index (χ3v) is 4.50. The van der Waals surface area contributed by atoms with E-state index < -0.39 is 0 Å². The first kappa shape index (κ1) is 17.3. The van der Waals surface area contributed by atoms with Crippen molar-refractivity contribution in [1.82, 2.24) is 9.78 Å². The number of benzene rings is 2. The Bertz CT molecular complexity index is 887. The predicted molar refractivity (Wildman–Crippen MR) is 106 cm³/mol. The summed E-state index contributed by atoms with van der Waals surface area (Å²) in [6, 6.07) is 19.6. The zero-order valence-corrected chi connectivity index (χ0v) is 15.0. The van der Waals surface area contributed by atoms with Crippen molar-refractivity contribution < 1.29 is 9.53 Å². The molecule has 0 unspecified atom stereocenters. The van der Waals surface area contributed by atoms with Gasteiger partial charge in [-0.05, 0) is 17.7 Å². The van der Waals surface area contributed by atoms with Crippen LogP contribution in [0.3, 0.4) is 0 Å². The number of nitrogens with one attached hydrogen (secondary N) is 1. The van der Waals surface area contributed by atoms with Crippen molar-refractivity contribution in [3.8, 4) is 11.1 Å². The Balaban J connectivity index is 1.57. The van der Waals surface area contributed by atoms with Crippen LogP contribution in [0, 0.1) is 0 Å². The Labute approximate surface area is 158 Å². The molecule has 4 rings (SSSR count). The lowest BCUT2D eigenvalue weighted by Crippen LogP contribution is -2.36. The standard InChI is InChI=1S/C21H22N4O2/c26-20(22-18-9-5-2-6-10-18)16-25-15-19(17-7-3-1-4-8-17)21(23-25)24-11-13-27-14-12-24/h1-10,15H,11-14,16H2,(H,22,26). The molecule has 6 nitrogen and oxygen atoms in total. The molecule has 0 saturated carbocycles. The first-order valence-electron chi connectivity index (χ1n) is 9.10. The van der Waals surface area contributed by atoms with Gasteiger partial charge in [0, 0.05) is 30.5 Å². The monoisotopic (exact) mass is 362 g/mol. The van der Waals surface area contributed by atoms with Crippen molar-refractivity contribution in [3.63, 3.8) is 0 Å². The molecule has 1 N–H and O–H groups in total. The van der Waals surface area contributed by atoms with E-state index in [1.807, 2.05) is 54.7 Å². The average Bonchev–Trinajstić information content (AvgIpc) is 3.14. The highest BCUT2D eigenvalue weighted by atomic mass is 16.5. The van der Waals surface area contributed by atoms with E-state index in [0.717, 1.165) is 35.7 Å². The van der Waals surface area contributed by atoms with E-state index in [4.69, 9.17) is 9.84 Å². The van der Waals surface area contributed by atoms with E-state index in [9.17, 15) is 4.79 Å². The van der Waals surface area contributed by atoms with Gasteiger partial charge >= 0.3 is 0 Å². The van der Waals surface area contributed by atoms with E-state index in [0.29, 0.717) is 13.2 Å². The summed E-state index contributed by atoms with van der Waals surface area (Å²) in [6.45, 7) is 3.14. The SMILES string of the molecule is O=C(Cn1cc(-c2ccccc2)c(N2CCOCC2)n1)Nc1ccccc1. The van der Waals surface area contributed by atoms with E-state index >= 15 is 0 Å². The van der Waals surface area contributed by atoms with Gasteiger partial charge in [0.05, 0.1) is 13.2 Å². The van der Waals surface area contributed by atoms with Crippen molar-refractivity contribution in [2.45, 2.75) is 6.54 Å². The maximum atomic E-state index is 12.4.